The van der Waals surface area contributed by atoms with Gasteiger partial charge in [-0.25, -0.2) is 4.98 Å². The van der Waals surface area contributed by atoms with Crippen LogP contribution in [0.2, 0.25) is 0 Å². The number of aromatic nitrogens is 1. The van der Waals surface area contributed by atoms with Crippen LogP contribution in [0.3, 0.4) is 0 Å². The molecule has 0 unspecified atom stereocenters. The Morgan fingerprint density at radius 3 is 2.89 bits per heavy atom. The van der Waals surface area contributed by atoms with E-state index in [4.69, 9.17) is 10.5 Å². The minimum Gasteiger partial charge on any atom is -0.406 e. The fourth-order valence-electron chi connectivity index (χ4n) is 1.85. The van der Waals surface area contributed by atoms with Gasteiger partial charge in [-0.15, -0.1) is 0 Å². The van der Waals surface area contributed by atoms with Crippen molar-refractivity contribution >= 4 is 11.9 Å². The number of rotatable bonds is 3. The monoisotopic (exact) mass is 246 g/mol. The maximum absolute atomic E-state index is 11.9. The molecule has 1 heterocycles. The standard InChI is InChI=1S/C13H14N2O3/c14-11(16)10-7-4-8-15-12(10)18-13(17)9-5-2-1-3-6-9/h1-2,4,7-9H,3,5-6H2,(H2,14,16)/t9-/m0/s1. The first-order valence-corrected chi connectivity index (χ1v) is 5.80. The SMILES string of the molecule is NC(=O)c1cccnc1OC(=O)[C@H]1CC=CCC1. The lowest BCUT2D eigenvalue weighted by atomic mass is 9.95. The van der Waals surface area contributed by atoms with Crippen molar-refractivity contribution in [3.05, 3.63) is 36.0 Å². The summed E-state index contributed by atoms with van der Waals surface area (Å²) in [6.45, 7) is 0. The third-order valence-corrected chi connectivity index (χ3v) is 2.84. The first-order chi connectivity index (χ1) is 8.68. The van der Waals surface area contributed by atoms with Crippen molar-refractivity contribution in [1.82, 2.24) is 4.98 Å². The number of carbonyl (C=O) groups is 2. The number of hydrogen-bond donors (Lipinski definition) is 1. The predicted octanol–water partition coefficient (Wildman–Crippen LogP) is 1.44. The van der Waals surface area contributed by atoms with Gasteiger partial charge in [-0.1, -0.05) is 12.2 Å². The molecule has 0 saturated carbocycles. The fourth-order valence-corrected chi connectivity index (χ4v) is 1.85. The Hall–Kier alpha value is -2.17. The molecule has 94 valence electrons. The highest BCUT2D eigenvalue weighted by atomic mass is 16.5. The van der Waals surface area contributed by atoms with Crippen molar-refractivity contribution in [2.24, 2.45) is 11.7 Å². The van der Waals surface area contributed by atoms with Crippen LogP contribution in [0, 0.1) is 5.92 Å². The topological polar surface area (TPSA) is 82.3 Å². The van der Waals surface area contributed by atoms with Gasteiger partial charge in [0, 0.05) is 6.20 Å². The molecule has 0 radical (unpaired) electrons. The summed E-state index contributed by atoms with van der Waals surface area (Å²) in [5.74, 6) is -1.20. The van der Waals surface area contributed by atoms with Gasteiger partial charge in [-0.3, -0.25) is 9.59 Å². The van der Waals surface area contributed by atoms with E-state index in [2.05, 4.69) is 4.98 Å². The number of nitrogens with two attached hydrogens (primary N) is 1. The molecule has 1 atom stereocenters. The summed E-state index contributed by atoms with van der Waals surface area (Å²) >= 11 is 0. The summed E-state index contributed by atoms with van der Waals surface area (Å²) in [7, 11) is 0. The highest BCUT2D eigenvalue weighted by molar-refractivity contribution is 5.95. The summed E-state index contributed by atoms with van der Waals surface area (Å²) < 4.78 is 5.16. The number of nitrogens with zero attached hydrogens (tertiary/aromatic N) is 1. The number of amides is 1. The zero-order valence-corrected chi connectivity index (χ0v) is 9.83. The van der Waals surface area contributed by atoms with E-state index in [-0.39, 0.29) is 23.3 Å². The van der Waals surface area contributed by atoms with Gasteiger partial charge in [0.2, 0.25) is 5.88 Å². The summed E-state index contributed by atoms with van der Waals surface area (Å²) in [6.07, 6.45) is 7.74. The largest absolute Gasteiger partial charge is 0.406 e. The predicted molar refractivity (Wildman–Crippen MR) is 64.9 cm³/mol. The summed E-state index contributed by atoms with van der Waals surface area (Å²) in [4.78, 5) is 26.9. The number of pyridine rings is 1. The van der Waals surface area contributed by atoms with Crippen molar-refractivity contribution in [2.75, 3.05) is 0 Å². The summed E-state index contributed by atoms with van der Waals surface area (Å²) in [6, 6.07) is 3.06. The van der Waals surface area contributed by atoms with E-state index in [1.54, 1.807) is 6.07 Å². The Kier molecular flexibility index (Phi) is 3.72. The molecular formula is C13H14N2O3. The molecule has 0 bridgehead atoms. The maximum atomic E-state index is 11.9. The quantitative estimate of drug-likeness (QED) is 0.646. The first kappa shape index (κ1) is 12.3. The lowest BCUT2D eigenvalue weighted by Crippen LogP contribution is -2.23. The molecule has 18 heavy (non-hydrogen) atoms. The Morgan fingerprint density at radius 2 is 2.22 bits per heavy atom. The Bertz CT molecular complexity index is 497. The van der Waals surface area contributed by atoms with Crippen LogP contribution in [0.15, 0.2) is 30.5 Å². The van der Waals surface area contributed by atoms with E-state index < -0.39 is 5.91 Å². The van der Waals surface area contributed by atoms with E-state index in [9.17, 15) is 9.59 Å². The Labute approximate surface area is 105 Å². The lowest BCUT2D eigenvalue weighted by molar-refractivity contribution is -0.139. The van der Waals surface area contributed by atoms with Crippen LogP contribution < -0.4 is 10.5 Å². The molecule has 0 spiro atoms. The Balaban J connectivity index is 2.11. The second-order valence-corrected chi connectivity index (χ2v) is 4.12. The first-order valence-electron chi connectivity index (χ1n) is 5.80. The van der Waals surface area contributed by atoms with Crippen LogP contribution in [0.4, 0.5) is 0 Å². The van der Waals surface area contributed by atoms with E-state index >= 15 is 0 Å². The number of hydrogen-bond acceptors (Lipinski definition) is 4. The van der Waals surface area contributed by atoms with E-state index in [0.29, 0.717) is 6.42 Å². The van der Waals surface area contributed by atoms with Crippen molar-refractivity contribution in [3.8, 4) is 5.88 Å². The van der Waals surface area contributed by atoms with Crippen LogP contribution in [0.25, 0.3) is 0 Å². The minimum absolute atomic E-state index is 0.00967. The normalized spacial score (nSPS) is 18.3. The number of esters is 1. The summed E-state index contributed by atoms with van der Waals surface area (Å²) in [5, 5.41) is 0. The van der Waals surface area contributed by atoms with Crippen LogP contribution in [0.1, 0.15) is 29.6 Å². The average Bonchev–Trinajstić information content (AvgIpc) is 2.40. The van der Waals surface area contributed by atoms with Crippen LogP contribution >= 0.6 is 0 Å². The van der Waals surface area contributed by atoms with Gasteiger partial charge in [0.1, 0.15) is 5.56 Å². The highest BCUT2D eigenvalue weighted by Gasteiger charge is 2.23. The van der Waals surface area contributed by atoms with E-state index in [0.717, 1.165) is 12.8 Å². The molecule has 5 heteroatoms. The van der Waals surface area contributed by atoms with Gasteiger partial charge < -0.3 is 10.5 Å². The van der Waals surface area contributed by atoms with Gasteiger partial charge in [-0.05, 0) is 31.4 Å². The van der Waals surface area contributed by atoms with E-state index in [1.165, 1.54) is 12.3 Å². The van der Waals surface area contributed by atoms with Crippen LogP contribution in [-0.4, -0.2) is 16.9 Å². The molecule has 2 N–H and O–H groups in total. The van der Waals surface area contributed by atoms with Gasteiger partial charge in [0.05, 0.1) is 5.92 Å². The zero-order valence-electron chi connectivity index (χ0n) is 9.83. The molecule has 1 aliphatic rings. The molecule has 5 nitrogen and oxygen atoms in total. The van der Waals surface area contributed by atoms with Crippen molar-refractivity contribution in [1.29, 1.82) is 0 Å². The van der Waals surface area contributed by atoms with Gasteiger partial charge >= 0.3 is 5.97 Å². The second-order valence-electron chi connectivity index (χ2n) is 4.12. The number of carbonyl (C=O) groups excluding carboxylic acids is 2. The molecule has 1 aromatic rings. The van der Waals surface area contributed by atoms with E-state index in [1.807, 2.05) is 12.2 Å². The minimum atomic E-state index is -0.658. The molecule has 0 saturated heterocycles. The van der Waals surface area contributed by atoms with Gasteiger partial charge in [-0.2, -0.15) is 0 Å². The zero-order chi connectivity index (χ0) is 13.0. The third-order valence-electron chi connectivity index (χ3n) is 2.84. The fraction of sp³-hybridized carbons (Fsp3) is 0.308. The van der Waals surface area contributed by atoms with Crippen molar-refractivity contribution in [3.63, 3.8) is 0 Å². The number of ether oxygens (including phenoxy) is 1. The highest BCUT2D eigenvalue weighted by Crippen LogP contribution is 2.22. The molecule has 1 amide bonds. The van der Waals surface area contributed by atoms with Gasteiger partial charge in [0.25, 0.3) is 5.91 Å². The van der Waals surface area contributed by atoms with Crippen LogP contribution in [0.5, 0.6) is 5.88 Å². The number of allylic oxidation sites excluding steroid dienone is 2. The summed E-state index contributed by atoms with van der Waals surface area (Å²) in [5.41, 5.74) is 5.31. The average molecular weight is 246 g/mol. The molecule has 0 fully saturated rings. The molecule has 0 aliphatic heterocycles. The Morgan fingerprint density at radius 1 is 1.39 bits per heavy atom. The molecule has 2 rings (SSSR count). The number of primary amides is 1. The molecule has 1 aromatic heterocycles. The third kappa shape index (κ3) is 2.74. The van der Waals surface area contributed by atoms with Crippen molar-refractivity contribution < 1.29 is 14.3 Å². The molecule has 0 aromatic carbocycles. The lowest BCUT2D eigenvalue weighted by Gasteiger charge is -2.16. The smallest absolute Gasteiger partial charge is 0.316 e. The van der Waals surface area contributed by atoms with Gasteiger partial charge in [0.15, 0.2) is 0 Å². The molecular weight excluding hydrogens is 232 g/mol. The van der Waals surface area contributed by atoms with Crippen LogP contribution in [-0.2, 0) is 4.79 Å². The second kappa shape index (κ2) is 5.44. The van der Waals surface area contributed by atoms with Crippen molar-refractivity contribution in [2.45, 2.75) is 19.3 Å². The maximum Gasteiger partial charge on any atom is 0.316 e. The molecule has 1 aliphatic carbocycles.